The third-order valence-electron chi connectivity index (χ3n) is 6.62. The van der Waals surface area contributed by atoms with Crippen molar-refractivity contribution < 1.29 is 0 Å². The Morgan fingerprint density at radius 2 is 1.79 bits per heavy atom. The Hall–Kier alpha value is -3.20. The summed E-state index contributed by atoms with van der Waals surface area (Å²) in [5.41, 5.74) is 4.62. The predicted octanol–water partition coefficient (Wildman–Crippen LogP) is 1.39. The second-order valence-corrected chi connectivity index (χ2v) is 8.76. The first-order valence-electron chi connectivity index (χ1n) is 11.7. The normalized spacial score (nSPS) is 18.5. The molecule has 172 valence electrons. The van der Waals surface area contributed by atoms with Gasteiger partial charge in [-0.1, -0.05) is 24.3 Å². The Morgan fingerprint density at radius 3 is 2.64 bits per heavy atom. The number of nitrogens with zero attached hydrogens (tertiary/aromatic N) is 5. The van der Waals surface area contributed by atoms with E-state index in [1.165, 1.54) is 5.39 Å². The van der Waals surface area contributed by atoms with Gasteiger partial charge in [-0.25, -0.2) is 10.8 Å². The Bertz CT molecular complexity index is 1220. The number of fused-ring (bicyclic) bond motifs is 2. The molecule has 2 aliphatic heterocycles. The van der Waals surface area contributed by atoms with Crippen LogP contribution in [0.5, 0.6) is 0 Å². The number of hydrogen-bond donors (Lipinski definition) is 3. The maximum Gasteiger partial charge on any atom is 0.135 e. The summed E-state index contributed by atoms with van der Waals surface area (Å²) in [4.78, 5) is 14.6. The first-order chi connectivity index (χ1) is 16.2. The van der Waals surface area contributed by atoms with E-state index < -0.39 is 0 Å². The van der Waals surface area contributed by atoms with E-state index in [0.717, 1.165) is 79.6 Å². The molecule has 0 radical (unpaired) electrons. The van der Waals surface area contributed by atoms with E-state index in [1.54, 1.807) is 5.01 Å². The van der Waals surface area contributed by atoms with Crippen molar-refractivity contribution in [3.05, 3.63) is 65.2 Å². The van der Waals surface area contributed by atoms with Crippen LogP contribution in [0, 0.1) is 0 Å². The van der Waals surface area contributed by atoms with Gasteiger partial charge in [0.2, 0.25) is 0 Å². The number of unbranched alkanes of at least 4 members (excludes halogenated alkanes) is 1. The zero-order chi connectivity index (χ0) is 22.6. The molecule has 0 spiro atoms. The van der Waals surface area contributed by atoms with Crippen LogP contribution in [0.25, 0.3) is 17.1 Å². The molecule has 1 unspecified atom stereocenters. The van der Waals surface area contributed by atoms with Crippen molar-refractivity contribution in [1.29, 1.82) is 0 Å². The fraction of sp³-hybridized carbons (Fsp3) is 0.360. The van der Waals surface area contributed by atoms with Gasteiger partial charge in [0.25, 0.3) is 0 Å². The molecule has 1 aromatic heterocycles. The van der Waals surface area contributed by atoms with Crippen molar-refractivity contribution in [2.75, 3.05) is 43.0 Å². The molecular formula is C25H32N8. The molecule has 2 aromatic carbocycles. The Labute approximate surface area is 194 Å². The van der Waals surface area contributed by atoms with E-state index in [2.05, 4.69) is 45.6 Å². The van der Waals surface area contributed by atoms with E-state index in [-0.39, 0.29) is 6.17 Å². The number of nitrogen functional groups attached to an aromatic ring is 1. The van der Waals surface area contributed by atoms with Gasteiger partial charge in [-0.3, -0.25) is 20.7 Å². The summed E-state index contributed by atoms with van der Waals surface area (Å²) < 4.78 is 0. The molecular weight excluding hydrogens is 412 g/mol. The minimum absolute atomic E-state index is 0.0265. The number of nitrogens with one attached hydrogen (secondary N) is 1. The van der Waals surface area contributed by atoms with E-state index in [0.29, 0.717) is 0 Å². The lowest BCUT2D eigenvalue weighted by atomic mass is 10.1. The Morgan fingerprint density at radius 1 is 0.939 bits per heavy atom. The zero-order valence-corrected chi connectivity index (χ0v) is 18.9. The maximum atomic E-state index is 6.24. The highest BCUT2D eigenvalue weighted by Gasteiger charge is 2.19. The summed E-state index contributed by atoms with van der Waals surface area (Å²) in [6, 6.07) is 18.5. The van der Waals surface area contributed by atoms with E-state index in [1.807, 2.05) is 30.5 Å². The fourth-order valence-electron chi connectivity index (χ4n) is 4.70. The van der Waals surface area contributed by atoms with Gasteiger partial charge >= 0.3 is 0 Å². The number of hydrazine groups is 2. The van der Waals surface area contributed by atoms with Crippen LogP contribution in [-0.2, 0) is 0 Å². The molecule has 1 fully saturated rings. The summed E-state index contributed by atoms with van der Waals surface area (Å²) in [7, 11) is 0. The first kappa shape index (κ1) is 21.6. The van der Waals surface area contributed by atoms with Crippen LogP contribution >= 0.6 is 0 Å². The van der Waals surface area contributed by atoms with Crippen LogP contribution in [0.2, 0.25) is 0 Å². The molecule has 0 aliphatic carbocycles. The van der Waals surface area contributed by atoms with Crippen LogP contribution in [0.1, 0.15) is 19.3 Å². The lowest BCUT2D eigenvalue weighted by molar-refractivity contribution is 0.241. The lowest BCUT2D eigenvalue weighted by Crippen LogP contribution is -2.47. The molecule has 3 aromatic rings. The minimum atomic E-state index is -0.0265. The van der Waals surface area contributed by atoms with Crippen LogP contribution in [0.4, 0.5) is 11.5 Å². The topological polar surface area (TPSA) is 99.0 Å². The minimum Gasteiger partial charge on any atom is -0.354 e. The number of anilines is 2. The van der Waals surface area contributed by atoms with Crippen molar-refractivity contribution in [3.63, 3.8) is 0 Å². The van der Waals surface area contributed by atoms with Crippen LogP contribution in [0.3, 0.4) is 0 Å². The first-order valence-corrected chi connectivity index (χ1v) is 11.7. The summed E-state index contributed by atoms with van der Waals surface area (Å²) in [6.45, 7) is 5.28. The fourth-order valence-corrected chi connectivity index (χ4v) is 4.70. The third-order valence-corrected chi connectivity index (χ3v) is 6.62. The molecule has 0 amide bonds. The van der Waals surface area contributed by atoms with Crippen LogP contribution in [-0.4, -0.2) is 53.8 Å². The monoisotopic (exact) mass is 444 g/mol. The van der Waals surface area contributed by atoms with E-state index in [9.17, 15) is 0 Å². The number of rotatable bonds is 7. The van der Waals surface area contributed by atoms with Gasteiger partial charge in [-0.2, -0.15) is 0 Å². The standard InChI is InChI=1S/C25H32N8/c26-30-23-9-5-8-22-20(23)18-33(27)25(29-22)10-3-4-13-31-14-16-32(17-15-31)24-12-11-19-6-1-2-7-21(19)28-24/h1-2,5-9,11-12,18,25,30H,3-4,10,13-17,26-27H2. The predicted molar refractivity (Wildman–Crippen MR) is 134 cm³/mol. The average Bonchev–Trinajstić information content (AvgIpc) is 2.86. The number of pyridine rings is 1. The SMILES string of the molecule is NNc1cccc2c1=CN(N)C(CCCCN1CCN(c3ccc4ccccc4n3)CC1)N=2. The average molecular weight is 445 g/mol. The lowest BCUT2D eigenvalue weighted by Gasteiger charge is -2.35. The Kier molecular flexibility index (Phi) is 6.39. The maximum absolute atomic E-state index is 6.24. The summed E-state index contributed by atoms with van der Waals surface area (Å²) in [5.74, 6) is 12.9. The molecule has 1 atom stereocenters. The Balaban J connectivity index is 1.09. The van der Waals surface area contributed by atoms with E-state index >= 15 is 0 Å². The quantitative estimate of drug-likeness (QED) is 0.288. The summed E-state index contributed by atoms with van der Waals surface area (Å²) >= 11 is 0. The molecule has 5 N–H and O–H groups in total. The van der Waals surface area contributed by atoms with E-state index in [4.69, 9.17) is 21.7 Å². The van der Waals surface area contributed by atoms with Gasteiger partial charge < -0.3 is 10.3 Å². The number of benzene rings is 2. The highest BCUT2D eigenvalue weighted by atomic mass is 15.5. The molecule has 33 heavy (non-hydrogen) atoms. The van der Waals surface area contributed by atoms with Gasteiger partial charge in [0.1, 0.15) is 12.0 Å². The molecule has 2 aliphatic rings. The van der Waals surface area contributed by atoms with Crippen molar-refractivity contribution in [3.8, 4) is 0 Å². The van der Waals surface area contributed by atoms with Gasteiger partial charge in [0.05, 0.1) is 16.6 Å². The molecule has 5 rings (SSSR count). The third kappa shape index (κ3) is 4.78. The second kappa shape index (κ2) is 9.74. The van der Waals surface area contributed by atoms with Crippen molar-refractivity contribution in [2.45, 2.75) is 25.4 Å². The van der Waals surface area contributed by atoms with Crippen molar-refractivity contribution >= 4 is 28.6 Å². The van der Waals surface area contributed by atoms with Crippen molar-refractivity contribution in [1.82, 2.24) is 14.9 Å². The smallest absolute Gasteiger partial charge is 0.135 e. The zero-order valence-electron chi connectivity index (χ0n) is 18.9. The van der Waals surface area contributed by atoms with Gasteiger partial charge in [-0.05, 0) is 56.1 Å². The summed E-state index contributed by atoms with van der Waals surface area (Å²) in [6.07, 6.45) is 5.08. The van der Waals surface area contributed by atoms with Gasteiger partial charge in [0, 0.05) is 43.0 Å². The number of para-hydroxylation sites is 1. The van der Waals surface area contributed by atoms with Crippen molar-refractivity contribution in [2.24, 2.45) is 16.7 Å². The highest BCUT2D eigenvalue weighted by molar-refractivity contribution is 5.80. The van der Waals surface area contributed by atoms with Crippen LogP contribution in [0.15, 0.2) is 59.6 Å². The highest BCUT2D eigenvalue weighted by Crippen LogP contribution is 2.19. The molecule has 1 saturated heterocycles. The summed E-state index contributed by atoms with van der Waals surface area (Å²) in [5, 5.41) is 4.78. The number of aromatic nitrogens is 1. The largest absolute Gasteiger partial charge is 0.354 e. The van der Waals surface area contributed by atoms with Gasteiger partial charge in [-0.15, -0.1) is 0 Å². The molecule has 0 saturated carbocycles. The van der Waals surface area contributed by atoms with Gasteiger partial charge in [0.15, 0.2) is 0 Å². The number of piperazine rings is 1. The molecule has 8 heteroatoms. The molecule has 0 bridgehead atoms. The second-order valence-electron chi connectivity index (χ2n) is 8.76. The molecule has 8 nitrogen and oxygen atoms in total. The number of nitrogens with two attached hydrogens (primary N) is 2. The number of hydrogen-bond acceptors (Lipinski definition) is 8. The van der Waals surface area contributed by atoms with Crippen LogP contribution < -0.4 is 32.6 Å². The molecule has 3 heterocycles.